The van der Waals surface area contributed by atoms with Crippen molar-refractivity contribution < 1.29 is 13.9 Å². The van der Waals surface area contributed by atoms with E-state index in [4.69, 9.17) is 9.15 Å². The molecule has 0 radical (unpaired) electrons. The number of nitrogens with one attached hydrogen (secondary N) is 1. The van der Waals surface area contributed by atoms with Gasteiger partial charge in [0, 0.05) is 52.0 Å². The molecular weight excluding hydrogens is 394 g/mol. The summed E-state index contributed by atoms with van der Waals surface area (Å²) < 4.78 is 11.2. The third-order valence-corrected chi connectivity index (χ3v) is 5.19. The van der Waals surface area contributed by atoms with Crippen molar-refractivity contribution in [2.24, 2.45) is 10.9 Å². The molecule has 1 aliphatic rings. The van der Waals surface area contributed by atoms with E-state index in [9.17, 15) is 4.79 Å². The molecule has 8 heteroatoms. The van der Waals surface area contributed by atoms with Gasteiger partial charge in [0.25, 0.3) is 5.91 Å². The Labute approximate surface area is 184 Å². The fraction of sp³-hybridized carbons (Fsp3) is 0.522. The summed E-state index contributed by atoms with van der Waals surface area (Å²) in [5.41, 5.74) is 1.08. The Morgan fingerprint density at radius 3 is 2.61 bits per heavy atom. The van der Waals surface area contributed by atoms with E-state index in [1.807, 2.05) is 17.0 Å². The number of hydrogen-bond acceptors (Lipinski definition) is 5. The van der Waals surface area contributed by atoms with Crippen molar-refractivity contribution in [3.8, 4) is 5.88 Å². The molecule has 8 nitrogen and oxygen atoms in total. The Bertz CT molecular complexity index is 858. The number of aromatic nitrogens is 1. The molecule has 1 saturated heterocycles. The largest absolute Gasteiger partial charge is 0.475 e. The van der Waals surface area contributed by atoms with Crippen LogP contribution in [-0.2, 0) is 6.54 Å². The molecular formula is C23H33N5O3. The van der Waals surface area contributed by atoms with Crippen molar-refractivity contribution >= 4 is 11.9 Å². The van der Waals surface area contributed by atoms with E-state index in [0.29, 0.717) is 50.3 Å². The maximum atomic E-state index is 12.4. The lowest BCUT2D eigenvalue weighted by atomic mass is 10.1. The molecule has 2 aromatic heterocycles. The number of rotatable bonds is 7. The summed E-state index contributed by atoms with van der Waals surface area (Å²) in [5.74, 6) is 2.36. The summed E-state index contributed by atoms with van der Waals surface area (Å²) in [5, 5.41) is 3.41. The maximum Gasteiger partial charge on any atom is 0.289 e. The highest BCUT2D eigenvalue weighted by Gasteiger charge is 2.25. The Morgan fingerprint density at radius 1 is 1.23 bits per heavy atom. The number of carbonyl (C=O) groups is 1. The number of amides is 1. The molecule has 2 aromatic rings. The van der Waals surface area contributed by atoms with Gasteiger partial charge in [-0.1, -0.05) is 13.8 Å². The van der Waals surface area contributed by atoms with Gasteiger partial charge in [-0.3, -0.25) is 9.79 Å². The second-order valence-corrected chi connectivity index (χ2v) is 8.22. The Morgan fingerprint density at radius 2 is 1.97 bits per heavy atom. The minimum Gasteiger partial charge on any atom is -0.475 e. The fourth-order valence-electron chi connectivity index (χ4n) is 3.73. The molecule has 1 unspecified atom stereocenters. The lowest BCUT2D eigenvalue weighted by Crippen LogP contribution is -2.53. The summed E-state index contributed by atoms with van der Waals surface area (Å²) in [6, 6.07) is 7.37. The SMILES string of the molecule is CN=C(NCc1ccnc(OC(C)CC(C)C)c1)N1CCN(C(=O)c2ccco2)CC1. The summed E-state index contributed by atoms with van der Waals surface area (Å²) in [6.45, 7) is 9.74. The molecule has 168 valence electrons. The molecule has 3 heterocycles. The monoisotopic (exact) mass is 427 g/mol. The van der Waals surface area contributed by atoms with E-state index in [-0.39, 0.29) is 12.0 Å². The number of furan rings is 1. The first kappa shape index (κ1) is 22.7. The number of guanidine groups is 1. The third kappa shape index (κ3) is 6.47. The third-order valence-electron chi connectivity index (χ3n) is 5.19. The molecule has 3 rings (SSSR count). The zero-order valence-electron chi connectivity index (χ0n) is 18.9. The molecule has 0 saturated carbocycles. The zero-order chi connectivity index (χ0) is 22.2. The van der Waals surface area contributed by atoms with Crippen molar-refractivity contribution in [1.82, 2.24) is 20.1 Å². The predicted octanol–water partition coefficient (Wildman–Crippen LogP) is 3.02. The molecule has 0 aromatic carbocycles. The van der Waals surface area contributed by atoms with Crippen LogP contribution < -0.4 is 10.1 Å². The average Bonchev–Trinajstić information content (AvgIpc) is 3.29. The van der Waals surface area contributed by atoms with Gasteiger partial charge in [-0.15, -0.1) is 0 Å². The van der Waals surface area contributed by atoms with Gasteiger partial charge >= 0.3 is 0 Å². The van der Waals surface area contributed by atoms with E-state index in [2.05, 4.69) is 41.0 Å². The molecule has 0 aliphatic carbocycles. The highest BCUT2D eigenvalue weighted by Crippen LogP contribution is 2.15. The second-order valence-electron chi connectivity index (χ2n) is 8.22. The molecule has 1 amide bonds. The first-order valence-corrected chi connectivity index (χ1v) is 10.9. The van der Waals surface area contributed by atoms with Gasteiger partial charge in [-0.2, -0.15) is 0 Å². The van der Waals surface area contributed by atoms with Crippen LogP contribution in [0.3, 0.4) is 0 Å². The number of hydrogen-bond donors (Lipinski definition) is 1. The van der Waals surface area contributed by atoms with Crippen LogP contribution in [0, 0.1) is 5.92 Å². The minimum absolute atomic E-state index is 0.0661. The van der Waals surface area contributed by atoms with Gasteiger partial charge in [0.15, 0.2) is 11.7 Å². The minimum atomic E-state index is -0.0661. The summed E-state index contributed by atoms with van der Waals surface area (Å²) >= 11 is 0. The quantitative estimate of drug-likeness (QED) is 0.540. The standard InChI is InChI=1S/C23H33N5O3/c1-17(2)14-18(3)31-21-15-19(7-8-25-21)16-26-23(24-4)28-11-9-27(10-12-28)22(29)20-6-5-13-30-20/h5-8,13,15,17-18H,9-12,14,16H2,1-4H3,(H,24,26). The van der Waals surface area contributed by atoms with Crippen molar-refractivity contribution in [1.29, 1.82) is 0 Å². The molecule has 1 atom stereocenters. The van der Waals surface area contributed by atoms with Gasteiger partial charge in [0.05, 0.1) is 12.4 Å². The van der Waals surface area contributed by atoms with Gasteiger partial charge in [0.2, 0.25) is 5.88 Å². The highest BCUT2D eigenvalue weighted by molar-refractivity contribution is 5.91. The van der Waals surface area contributed by atoms with Crippen LogP contribution in [0.5, 0.6) is 5.88 Å². The topological polar surface area (TPSA) is 83.2 Å². The van der Waals surface area contributed by atoms with Crippen LogP contribution in [-0.4, -0.2) is 66.0 Å². The Kier molecular flexibility index (Phi) is 7.92. The molecule has 1 aliphatic heterocycles. The predicted molar refractivity (Wildman–Crippen MR) is 120 cm³/mol. The number of carbonyl (C=O) groups excluding carboxylic acids is 1. The summed E-state index contributed by atoms with van der Waals surface area (Å²) in [4.78, 5) is 25.2. The average molecular weight is 428 g/mol. The summed E-state index contributed by atoms with van der Waals surface area (Å²) in [7, 11) is 1.78. The molecule has 31 heavy (non-hydrogen) atoms. The second kappa shape index (κ2) is 10.8. The van der Waals surface area contributed by atoms with Crippen LogP contribution in [0.4, 0.5) is 0 Å². The number of ether oxygens (including phenoxy) is 1. The van der Waals surface area contributed by atoms with E-state index < -0.39 is 0 Å². The van der Waals surface area contributed by atoms with E-state index >= 15 is 0 Å². The molecule has 0 bridgehead atoms. The van der Waals surface area contributed by atoms with Crippen LogP contribution in [0.2, 0.25) is 0 Å². The lowest BCUT2D eigenvalue weighted by molar-refractivity contribution is 0.0657. The number of aliphatic imine (C=N–C) groups is 1. The summed E-state index contributed by atoms with van der Waals surface area (Å²) in [6.07, 6.45) is 4.42. The first-order chi connectivity index (χ1) is 15.0. The van der Waals surface area contributed by atoms with Gasteiger partial charge in [-0.05, 0) is 43.0 Å². The van der Waals surface area contributed by atoms with Crippen molar-refractivity contribution in [2.75, 3.05) is 33.2 Å². The van der Waals surface area contributed by atoms with Gasteiger partial charge < -0.3 is 24.3 Å². The highest BCUT2D eigenvalue weighted by atomic mass is 16.5. The van der Waals surface area contributed by atoms with Crippen molar-refractivity contribution in [3.63, 3.8) is 0 Å². The molecule has 1 fully saturated rings. The number of nitrogens with zero attached hydrogens (tertiary/aromatic N) is 4. The first-order valence-electron chi connectivity index (χ1n) is 10.9. The van der Waals surface area contributed by atoms with Crippen LogP contribution in [0.1, 0.15) is 43.3 Å². The van der Waals surface area contributed by atoms with Gasteiger partial charge in [-0.25, -0.2) is 4.98 Å². The van der Waals surface area contributed by atoms with Crippen molar-refractivity contribution in [3.05, 3.63) is 48.0 Å². The van der Waals surface area contributed by atoms with Crippen LogP contribution >= 0.6 is 0 Å². The Hall–Kier alpha value is -3.03. The number of piperazine rings is 1. The van der Waals surface area contributed by atoms with Crippen LogP contribution in [0.15, 0.2) is 46.1 Å². The van der Waals surface area contributed by atoms with E-state index in [0.717, 1.165) is 17.9 Å². The van der Waals surface area contributed by atoms with E-state index in [1.54, 1.807) is 25.4 Å². The van der Waals surface area contributed by atoms with Crippen LogP contribution in [0.25, 0.3) is 0 Å². The normalized spacial score (nSPS) is 15.8. The Balaban J connectivity index is 1.50. The van der Waals surface area contributed by atoms with Gasteiger partial charge in [0.1, 0.15) is 0 Å². The number of pyridine rings is 1. The molecule has 0 spiro atoms. The van der Waals surface area contributed by atoms with Crippen molar-refractivity contribution in [2.45, 2.75) is 39.8 Å². The smallest absolute Gasteiger partial charge is 0.289 e. The zero-order valence-corrected chi connectivity index (χ0v) is 18.9. The maximum absolute atomic E-state index is 12.4. The fourth-order valence-corrected chi connectivity index (χ4v) is 3.73. The lowest BCUT2D eigenvalue weighted by Gasteiger charge is -2.36. The molecule has 1 N–H and O–H groups in total. The van der Waals surface area contributed by atoms with E-state index in [1.165, 1.54) is 6.26 Å².